The standard InChI is InChI=1S/C11H22N2O2/c1-9(6-12-3)7-13-10(2)8-15-5-4-11(13)14/h9-10,12H,4-8H2,1-3H3. The second-order valence-electron chi connectivity index (χ2n) is 4.38. The van der Waals surface area contributed by atoms with E-state index in [-0.39, 0.29) is 11.9 Å². The molecule has 1 aliphatic rings. The van der Waals surface area contributed by atoms with Crippen LogP contribution in [0.5, 0.6) is 0 Å². The first-order valence-corrected chi connectivity index (χ1v) is 5.67. The number of nitrogens with one attached hydrogen (secondary N) is 1. The maximum atomic E-state index is 11.8. The number of rotatable bonds is 4. The third kappa shape index (κ3) is 3.80. The Morgan fingerprint density at radius 2 is 2.40 bits per heavy atom. The Hall–Kier alpha value is -0.610. The fourth-order valence-corrected chi connectivity index (χ4v) is 1.92. The summed E-state index contributed by atoms with van der Waals surface area (Å²) in [4.78, 5) is 13.7. The molecule has 1 N–H and O–H groups in total. The highest BCUT2D eigenvalue weighted by molar-refractivity contribution is 5.76. The van der Waals surface area contributed by atoms with Gasteiger partial charge in [0.1, 0.15) is 0 Å². The zero-order valence-electron chi connectivity index (χ0n) is 9.95. The van der Waals surface area contributed by atoms with Crippen LogP contribution in [0.2, 0.25) is 0 Å². The number of ether oxygens (including phenoxy) is 1. The normalized spacial score (nSPS) is 25.1. The lowest BCUT2D eigenvalue weighted by Crippen LogP contribution is -2.43. The van der Waals surface area contributed by atoms with Gasteiger partial charge < -0.3 is 15.0 Å². The fourth-order valence-electron chi connectivity index (χ4n) is 1.92. The first kappa shape index (κ1) is 12.5. The summed E-state index contributed by atoms with van der Waals surface area (Å²) in [5.41, 5.74) is 0. The molecule has 2 unspecified atom stereocenters. The van der Waals surface area contributed by atoms with E-state index in [2.05, 4.69) is 19.2 Å². The second kappa shape index (κ2) is 6.08. The van der Waals surface area contributed by atoms with E-state index in [1.165, 1.54) is 0 Å². The van der Waals surface area contributed by atoms with E-state index >= 15 is 0 Å². The molecule has 0 aromatic carbocycles. The van der Waals surface area contributed by atoms with Crippen molar-refractivity contribution in [3.63, 3.8) is 0 Å². The van der Waals surface area contributed by atoms with Crippen molar-refractivity contribution in [1.82, 2.24) is 10.2 Å². The third-order valence-corrected chi connectivity index (χ3v) is 2.73. The molecule has 2 atom stereocenters. The van der Waals surface area contributed by atoms with Gasteiger partial charge in [0.25, 0.3) is 0 Å². The highest BCUT2D eigenvalue weighted by atomic mass is 16.5. The zero-order valence-corrected chi connectivity index (χ0v) is 9.95. The Bertz CT molecular complexity index is 209. The predicted molar refractivity (Wildman–Crippen MR) is 59.7 cm³/mol. The quantitative estimate of drug-likeness (QED) is 0.740. The topological polar surface area (TPSA) is 41.6 Å². The van der Waals surface area contributed by atoms with Gasteiger partial charge in [-0.3, -0.25) is 4.79 Å². The molecule has 1 amide bonds. The summed E-state index contributed by atoms with van der Waals surface area (Å²) in [6.45, 7) is 7.21. The molecule has 0 aromatic heterocycles. The maximum Gasteiger partial charge on any atom is 0.225 e. The molecule has 0 radical (unpaired) electrons. The molecule has 0 bridgehead atoms. The van der Waals surface area contributed by atoms with E-state index in [0.717, 1.165) is 13.1 Å². The van der Waals surface area contributed by atoms with E-state index in [9.17, 15) is 4.79 Å². The minimum Gasteiger partial charge on any atom is -0.379 e. The van der Waals surface area contributed by atoms with Gasteiger partial charge in [0.2, 0.25) is 5.91 Å². The van der Waals surface area contributed by atoms with Crippen LogP contribution in [0.3, 0.4) is 0 Å². The van der Waals surface area contributed by atoms with Crippen molar-refractivity contribution in [3.8, 4) is 0 Å². The van der Waals surface area contributed by atoms with Crippen LogP contribution in [0, 0.1) is 5.92 Å². The molecule has 0 aromatic rings. The number of amides is 1. The molecule has 88 valence electrons. The van der Waals surface area contributed by atoms with Crippen LogP contribution in [0.1, 0.15) is 20.3 Å². The highest BCUT2D eigenvalue weighted by Gasteiger charge is 2.24. The summed E-state index contributed by atoms with van der Waals surface area (Å²) in [6, 6.07) is 0.208. The van der Waals surface area contributed by atoms with Crippen molar-refractivity contribution < 1.29 is 9.53 Å². The molecule has 0 saturated carbocycles. The minimum absolute atomic E-state index is 0.208. The van der Waals surface area contributed by atoms with Crippen molar-refractivity contribution in [2.45, 2.75) is 26.3 Å². The zero-order chi connectivity index (χ0) is 11.3. The predicted octanol–water partition coefficient (Wildman–Crippen LogP) is 0.479. The Balaban J connectivity index is 2.51. The second-order valence-corrected chi connectivity index (χ2v) is 4.38. The SMILES string of the molecule is CNCC(C)CN1C(=O)CCOCC1C. The molecular formula is C11H22N2O2. The van der Waals surface area contributed by atoms with Crippen LogP contribution in [0.25, 0.3) is 0 Å². The van der Waals surface area contributed by atoms with Gasteiger partial charge >= 0.3 is 0 Å². The van der Waals surface area contributed by atoms with Gasteiger partial charge in [-0.1, -0.05) is 6.92 Å². The van der Waals surface area contributed by atoms with Crippen LogP contribution in [-0.4, -0.2) is 50.2 Å². The molecule has 4 heteroatoms. The highest BCUT2D eigenvalue weighted by Crippen LogP contribution is 2.11. The maximum absolute atomic E-state index is 11.8. The molecule has 1 saturated heterocycles. The summed E-state index contributed by atoms with van der Waals surface area (Å²) < 4.78 is 5.37. The van der Waals surface area contributed by atoms with Crippen molar-refractivity contribution in [2.75, 3.05) is 33.4 Å². The lowest BCUT2D eigenvalue weighted by Gasteiger charge is -2.29. The third-order valence-electron chi connectivity index (χ3n) is 2.73. The number of carbonyl (C=O) groups is 1. The first-order valence-electron chi connectivity index (χ1n) is 5.67. The lowest BCUT2D eigenvalue weighted by molar-refractivity contribution is -0.132. The monoisotopic (exact) mass is 214 g/mol. The summed E-state index contributed by atoms with van der Waals surface area (Å²) >= 11 is 0. The summed E-state index contributed by atoms with van der Waals surface area (Å²) in [5.74, 6) is 0.711. The van der Waals surface area contributed by atoms with Gasteiger partial charge in [0, 0.05) is 6.54 Å². The van der Waals surface area contributed by atoms with E-state index in [0.29, 0.717) is 25.6 Å². The molecule has 15 heavy (non-hydrogen) atoms. The van der Waals surface area contributed by atoms with Crippen molar-refractivity contribution >= 4 is 5.91 Å². The number of carbonyl (C=O) groups excluding carboxylic acids is 1. The number of hydrogen-bond donors (Lipinski definition) is 1. The lowest BCUT2D eigenvalue weighted by atomic mass is 10.1. The number of nitrogens with zero attached hydrogens (tertiary/aromatic N) is 1. The Labute approximate surface area is 92.0 Å². The van der Waals surface area contributed by atoms with Crippen LogP contribution in [0.4, 0.5) is 0 Å². The summed E-state index contributed by atoms with van der Waals surface area (Å²) in [5, 5.41) is 3.13. The van der Waals surface area contributed by atoms with Crippen LogP contribution in [-0.2, 0) is 9.53 Å². The van der Waals surface area contributed by atoms with Crippen molar-refractivity contribution in [1.29, 1.82) is 0 Å². The molecule has 1 aliphatic heterocycles. The van der Waals surface area contributed by atoms with Crippen molar-refractivity contribution in [2.24, 2.45) is 5.92 Å². The number of hydrogen-bond acceptors (Lipinski definition) is 3. The largest absolute Gasteiger partial charge is 0.379 e. The Kier molecular flexibility index (Phi) is 5.05. The van der Waals surface area contributed by atoms with E-state index in [1.54, 1.807) is 0 Å². The fraction of sp³-hybridized carbons (Fsp3) is 0.909. The van der Waals surface area contributed by atoms with Gasteiger partial charge in [-0.25, -0.2) is 0 Å². The first-order chi connectivity index (χ1) is 7.15. The average molecular weight is 214 g/mol. The van der Waals surface area contributed by atoms with Gasteiger partial charge in [-0.05, 0) is 26.4 Å². The van der Waals surface area contributed by atoms with Crippen molar-refractivity contribution in [3.05, 3.63) is 0 Å². The molecule has 1 fully saturated rings. The van der Waals surface area contributed by atoms with Gasteiger partial charge in [0.15, 0.2) is 0 Å². The van der Waals surface area contributed by atoms with Crippen LogP contribution in [0.15, 0.2) is 0 Å². The van der Waals surface area contributed by atoms with Gasteiger partial charge in [-0.2, -0.15) is 0 Å². The van der Waals surface area contributed by atoms with Gasteiger partial charge in [-0.15, -0.1) is 0 Å². The van der Waals surface area contributed by atoms with E-state index in [1.807, 2.05) is 11.9 Å². The van der Waals surface area contributed by atoms with E-state index in [4.69, 9.17) is 4.74 Å². The molecular weight excluding hydrogens is 192 g/mol. The smallest absolute Gasteiger partial charge is 0.225 e. The summed E-state index contributed by atoms with van der Waals surface area (Å²) in [7, 11) is 1.94. The molecule has 4 nitrogen and oxygen atoms in total. The Morgan fingerprint density at radius 1 is 1.67 bits per heavy atom. The van der Waals surface area contributed by atoms with Crippen LogP contribution >= 0.6 is 0 Å². The Morgan fingerprint density at radius 3 is 3.07 bits per heavy atom. The summed E-state index contributed by atoms with van der Waals surface area (Å²) in [6.07, 6.45) is 0.524. The molecule has 1 rings (SSSR count). The molecule has 0 aliphatic carbocycles. The van der Waals surface area contributed by atoms with Gasteiger partial charge in [0.05, 0.1) is 25.7 Å². The van der Waals surface area contributed by atoms with E-state index < -0.39 is 0 Å². The molecule has 0 spiro atoms. The van der Waals surface area contributed by atoms with Crippen LogP contribution < -0.4 is 5.32 Å². The average Bonchev–Trinajstić information content (AvgIpc) is 2.33. The molecule has 1 heterocycles. The minimum atomic E-state index is 0.208.